The zero-order valence-electron chi connectivity index (χ0n) is 11.9. The molecular formula is C15H21ClN2OS. The van der Waals surface area contributed by atoms with E-state index in [1.807, 2.05) is 47.9 Å². The predicted molar refractivity (Wildman–Crippen MR) is 86.1 cm³/mol. The molecule has 1 amide bonds. The summed E-state index contributed by atoms with van der Waals surface area (Å²) in [6, 6.07) is 7.60. The normalized spacial score (nSPS) is 22.6. The molecule has 2 atom stereocenters. The molecule has 0 radical (unpaired) electrons. The summed E-state index contributed by atoms with van der Waals surface area (Å²) in [6.07, 6.45) is 4.28. The Bertz CT molecular complexity index is 452. The van der Waals surface area contributed by atoms with Crippen molar-refractivity contribution in [2.45, 2.75) is 32.0 Å². The van der Waals surface area contributed by atoms with Gasteiger partial charge in [-0.05, 0) is 49.5 Å². The van der Waals surface area contributed by atoms with Gasteiger partial charge in [0.25, 0.3) is 0 Å². The average Bonchev–Trinajstić information content (AvgIpc) is 2.72. The Morgan fingerprint density at radius 1 is 1.30 bits per heavy atom. The second kappa shape index (κ2) is 7.34. The van der Waals surface area contributed by atoms with Crippen LogP contribution in [0.15, 0.2) is 24.3 Å². The lowest BCUT2D eigenvalue weighted by molar-refractivity contribution is -0.129. The fourth-order valence-electron chi connectivity index (χ4n) is 2.46. The van der Waals surface area contributed by atoms with E-state index in [2.05, 4.69) is 11.6 Å². The van der Waals surface area contributed by atoms with E-state index in [9.17, 15) is 4.79 Å². The molecule has 0 aromatic heterocycles. The smallest absolute Gasteiger partial charge is 0.241 e. The molecular weight excluding hydrogens is 292 g/mol. The number of nitrogens with zero attached hydrogens (tertiary/aromatic N) is 1. The molecule has 2 unspecified atom stereocenters. The lowest BCUT2D eigenvalue weighted by Gasteiger charge is -2.24. The monoisotopic (exact) mass is 312 g/mol. The lowest BCUT2D eigenvalue weighted by atomic mass is 10.1. The Hall–Kier alpha value is -0.710. The standard InChI is InChI=1S/C15H21ClN2OS/c1-11-15(19)18(9-3-4-10-20-2)14(17-11)12-5-7-13(16)8-6-12/h5-8,11,14,17H,3-4,9-10H2,1-2H3. The SMILES string of the molecule is CSCCCCN1C(=O)C(C)NC1c1ccc(Cl)cc1. The molecule has 2 rings (SSSR count). The highest BCUT2D eigenvalue weighted by Crippen LogP contribution is 2.26. The Kier molecular flexibility index (Phi) is 5.75. The maximum atomic E-state index is 12.3. The second-order valence-corrected chi connectivity index (χ2v) is 6.50. The number of benzene rings is 1. The largest absolute Gasteiger partial charge is 0.322 e. The maximum absolute atomic E-state index is 12.3. The fourth-order valence-corrected chi connectivity index (χ4v) is 3.08. The molecule has 0 aliphatic carbocycles. The molecule has 20 heavy (non-hydrogen) atoms. The zero-order valence-corrected chi connectivity index (χ0v) is 13.5. The van der Waals surface area contributed by atoms with Gasteiger partial charge in [-0.25, -0.2) is 0 Å². The van der Waals surface area contributed by atoms with Crippen molar-refractivity contribution in [1.29, 1.82) is 0 Å². The van der Waals surface area contributed by atoms with Crippen LogP contribution in [0.1, 0.15) is 31.5 Å². The van der Waals surface area contributed by atoms with Gasteiger partial charge in [-0.2, -0.15) is 11.8 Å². The first-order valence-electron chi connectivity index (χ1n) is 6.94. The lowest BCUT2D eigenvalue weighted by Crippen LogP contribution is -2.31. The number of amides is 1. The van der Waals surface area contributed by atoms with E-state index >= 15 is 0 Å². The van der Waals surface area contributed by atoms with Crippen LogP contribution < -0.4 is 5.32 Å². The Labute approximate surface area is 130 Å². The predicted octanol–water partition coefficient (Wildman–Crippen LogP) is 3.30. The quantitative estimate of drug-likeness (QED) is 0.818. The topological polar surface area (TPSA) is 32.3 Å². The molecule has 110 valence electrons. The van der Waals surface area contributed by atoms with Crippen LogP contribution in [0.25, 0.3) is 0 Å². The number of thioether (sulfide) groups is 1. The van der Waals surface area contributed by atoms with Gasteiger partial charge in [0.1, 0.15) is 6.17 Å². The van der Waals surface area contributed by atoms with Gasteiger partial charge in [-0.3, -0.25) is 10.1 Å². The highest BCUT2D eigenvalue weighted by molar-refractivity contribution is 7.98. The molecule has 1 aliphatic heterocycles. The molecule has 1 aromatic rings. The minimum atomic E-state index is -0.115. The summed E-state index contributed by atoms with van der Waals surface area (Å²) in [7, 11) is 0. The van der Waals surface area contributed by atoms with Gasteiger partial charge in [0.15, 0.2) is 0 Å². The third kappa shape index (κ3) is 3.68. The van der Waals surface area contributed by atoms with Gasteiger partial charge in [0.2, 0.25) is 5.91 Å². The van der Waals surface area contributed by atoms with E-state index in [-0.39, 0.29) is 18.1 Å². The minimum Gasteiger partial charge on any atom is -0.322 e. The van der Waals surface area contributed by atoms with Crippen LogP contribution in [0, 0.1) is 0 Å². The number of hydrogen-bond donors (Lipinski definition) is 1. The van der Waals surface area contributed by atoms with Gasteiger partial charge in [-0.1, -0.05) is 23.7 Å². The third-order valence-electron chi connectivity index (χ3n) is 3.56. The van der Waals surface area contributed by atoms with Crippen molar-refractivity contribution < 1.29 is 4.79 Å². The molecule has 5 heteroatoms. The van der Waals surface area contributed by atoms with Crippen molar-refractivity contribution in [3.05, 3.63) is 34.9 Å². The van der Waals surface area contributed by atoms with Gasteiger partial charge < -0.3 is 4.90 Å². The van der Waals surface area contributed by atoms with Crippen LogP contribution in [-0.2, 0) is 4.79 Å². The van der Waals surface area contributed by atoms with E-state index in [0.29, 0.717) is 0 Å². The minimum absolute atomic E-state index is 0.0240. The summed E-state index contributed by atoms with van der Waals surface area (Å²) < 4.78 is 0. The first-order chi connectivity index (χ1) is 9.63. The van der Waals surface area contributed by atoms with E-state index in [1.54, 1.807) is 0 Å². The van der Waals surface area contributed by atoms with Crippen molar-refractivity contribution in [3.8, 4) is 0 Å². The molecule has 0 bridgehead atoms. The Morgan fingerprint density at radius 3 is 2.65 bits per heavy atom. The number of hydrogen-bond acceptors (Lipinski definition) is 3. The van der Waals surface area contributed by atoms with Gasteiger partial charge >= 0.3 is 0 Å². The molecule has 3 nitrogen and oxygen atoms in total. The molecule has 1 aromatic carbocycles. The summed E-state index contributed by atoms with van der Waals surface area (Å²) >= 11 is 7.78. The Balaban J connectivity index is 2.05. The van der Waals surface area contributed by atoms with Crippen molar-refractivity contribution >= 4 is 29.3 Å². The summed E-state index contributed by atoms with van der Waals surface area (Å²) in [5, 5.41) is 4.08. The first kappa shape index (κ1) is 15.7. The van der Waals surface area contributed by atoms with Gasteiger partial charge in [0, 0.05) is 11.6 Å². The van der Waals surface area contributed by atoms with Crippen LogP contribution in [-0.4, -0.2) is 35.4 Å². The van der Waals surface area contributed by atoms with Crippen molar-refractivity contribution in [1.82, 2.24) is 10.2 Å². The number of rotatable bonds is 6. The van der Waals surface area contributed by atoms with E-state index in [1.165, 1.54) is 0 Å². The zero-order chi connectivity index (χ0) is 14.5. The molecule has 1 N–H and O–H groups in total. The average molecular weight is 313 g/mol. The van der Waals surface area contributed by atoms with Crippen LogP contribution in [0.2, 0.25) is 5.02 Å². The summed E-state index contributed by atoms with van der Waals surface area (Å²) in [5.41, 5.74) is 1.09. The van der Waals surface area contributed by atoms with Crippen molar-refractivity contribution in [2.24, 2.45) is 0 Å². The van der Waals surface area contributed by atoms with E-state index < -0.39 is 0 Å². The summed E-state index contributed by atoms with van der Waals surface area (Å²) in [4.78, 5) is 14.2. The summed E-state index contributed by atoms with van der Waals surface area (Å²) in [5.74, 6) is 1.34. The van der Waals surface area contributed by atoms with Crippen LogP contribution in [0.5, 0.6) is 0 Å². The van der Waals surface area contributed by atoms with E-state index in [0.717, 1.165) is 35.7 Å². The molecule has 1 heterocycles. The Morgan fingerprint density at radius 2 is 2.00 bits per heavy atom. The third-order valence-corrected chi connectivity index (χ3v) is 4.51. The number of nitrogens with one attached hydrogen (secondary N) is 1. The molecule has 1 fully saturated rings. The maximum Gasteiger partial charge on any atom is 0.241 e. The van der Waals surface area contributed by atoms with Crippen LogP contribution >= 0.6 is 23.4 Å². The number of carbonyl (C=O) groups is 1. The molecule has 1 saturated heterocycles. The first-order valence-corrected chi connectivity index (χ1v) is 8.71. The van der Waals surface area contributed by atoms with Gasteiger partial charge in [0.05, 0.1) is 6.04 Å². The second-order valence-electron chi connectivity index (χ2n) is 5.07. The fraction of sp³-hybridized carbons (Fsp3) is 0.533. The van der Waals surface area contributed by atoms with E-state index in [4.69, 9.17) is 11.6 Å². The molecule has 0 spiro atoms. The number of unbranched alkanes of at least 4 members (excludes halogenated alkanes) is 1. The molecule has 0 saturated carbocycles. The van der Waals surface area contributed by atoms with Crippen molar-refractivity contribution in [2.75, 3.05) is 18.6 Å². The van der Waals surface area contributed by atoms with Gasteiger partial charge in [-0.15, -0.1) is 0 Å². The van der Waals surface area contributed by atoms with Crippen LogP contribution in [0.4, 0.5) is 0 Å². The number of carbonyl (C=O) groups excluding carboxylic acids is 1. The molecule has 1 aliphatic rings. The number of halogens is 1. The highest BCUT2D eigenvalue weighted by Gasteiger charge is 2.36. The van der Waals surface area contributed by atoms with Crippen molar-refractivity contribution in [3.63, 3.8) is 0 Å². The summed E-state index contributed by atoms with van der Waals surface area (Å²) in [6.45, 7) is 2.73. The van der Waals surface area contributed by atoms with Crippen LogP contribution in [0.3, 0.4) is 0 Å². The highest BCUT2D eigenvalue weighted by atomic mass is 35.5.